The van der Waals surface area contributed by atoms with Crippen LogP contribution in [-0.2, 0) is 6.54 Å². The number of methoxy groups -OCH3 is 1. The number of ether oxygens (including phenoxy) is 1. The third-order valence-corrected chi connectivity index (χ3v) is 3.85. The molecule has 0 spiro atoms. The summed E-state index contributed by atoms with van der Waals surface area (Å²) in [5.74, 6) is 0.642. The number of hydrogen-bond donors (Lipinski definition) is 1. The standard InChI is InChI=1S/C15H22N4O/c1-18-5-6-19(14(9-17)11-18)10-12-3-4-13(8-16)15(7-12)20-2/h3-4,7,14H,5-6,9-11,17H2,1-2H3. The molecule has 1 heterocycles. The van der Waals surface area contributed by atoms with Crippen molar-refractivity contribution in [3.05, 3.63) is 29.3 Å². The van der Waals surface area contributed by atoms with E-state index in [1.165, 1.54) is 0 Å². The molecule has 1 atom stereocenters. The Hall–Kier alpha value is -1.61. The lowest BCUT2D eigenvalue weighted by atomic mass is 10.1. The summed E-state index contributed by atoms with van der Waals surface area (Å²) in [5.41, 5.74) is 7.61. The van der Waals surface area contributed by atoms with Gasteiger partial charge in [-0.25, -0.2) is 0 Å². The van der Waals surface area contributed by atoms with Crippen molar-refractivity contribution in [2.75, 3.05) is 40.3 Å². The Bertz CT molecular complexity index is 497. The molecule has 0 bridgehead atoms. The van der Waals surface area contributed by atoms with Crippen LogP contribution in [0.4, 0.5) is 0 Å². The van der Waals surface area contributed by atoms with Crippen molar-refractivity contribution in [2.24, 2.45) is 5.73 Å². The van der Waals surface area contributed by atoms with Crippen molar-refractivity contribution >= 4 is 0 Å². The van der Waals surface area contributed by atoms with Crippen LogP contribution < -0.4 is 10.5 Å². The molecule has 2 rings (SSSR count). The van der Waals surface area contributed by atoms with Gasteiger partial charge in [0.2, 0.25) is 0 Å². The number of benzene rings is 1. The molecule has 1 saturated heterocycles. The van der Waals surface area contributed by atoms with Crippen LogP contribution in [0.1, 0.15) is 11.1 Å². The highest BCUT2D eigenvalue weighted by Crippen LogP contribution is 2.21. The number of nitrogens with two attached hydrogens (primary N) is 1. The first-order valence-electron chi connectivity index (χ1n) is 6.87. The van der Waals surface area contributed by atoms with Crippen molar-refractivity contribution in [3.63, 3.8) is 0 Å². The van der Waals surface area contributed by atoms with Gasteiger partial charge in [-0.3, -0.25) is 4.90 Å². The Morgan fingerprint density at radius 1 is 1.45 bits per heavy atom. The van der Waals surface area contributed by atoms with Gasteiger partial charge < -0.3 is 15.4 Å². The van der Waals surface area contributed by atoms with Crippen LogP contribution in [0.5, 0.6) is 5.75 Å². The van der Waals surface area contributed by atoms with Gasteiger partial charge in [-0.1, -0.05) is 6.07 Å². The first-order valence-corrected chi connectivity index (χ1v) is 6.87. The molecule has 1 fully saturated rings. The molecule has 1 aromatic rings. The van der Waals surface area contributed by atoms with Crippen molar-refractivity contribution in [1.82, 2.24) is 9.80 Å². The molecule has 5 nitrogen and oxygen atoms in total. The number of nitrogens with zero attached hydrogens (tertiary/aromatic N) is 3. The zero-order valence-electron chi connectivity index (χ0n) is 12.2. The largest absolute Gasteiger partial charge is 0.495 e. The Kier molecular flexibility index (Phi) is 4.96. The van der Waals surface area contributed by atoms with Gasteiger partial charge in [0, 0.05) is 38.8 Å². The maximum Gasteiger partial charge on any atom is 0.136 e. The fraction of sp³-hybridized carbons (Fsp3) is 0.533. The second-order valence-corrected chi connectivity index (χ2v) is 5.27. The maximum absolute atomic E-state index is 9.01. The maximum atomic E-state index is 9.01. The Labute approximate surface area is 120 Å². The van der Waals surface area contributed by atoms with E-state index in [0.29, 0.717) is 23.9 Å². The van der Waals surface area contributed by atoms with E-state index in [-0.39, 0.29) is 0 Å². The zero-order chi connectivity index (χ0) is 14.5. The van der Waals surface area contributed by atoms with Crippen LogP contribution in [0.2, 0.25) is 0 Å². The van der Waals surface area contributed by atoms with Gasteiger partial charge in [0.1, 0.15) is 11.8 Å². The van der Waals surface area contributed by atoms with E-state index in [1.54, 1.807) is 7.11 Å². The molecule has 0 aliphatic carbocycles. The number of nitriles is 1. The molecule has 0 aromatic heterocycles. The average molecular weight is 274 g/mol. The highest BCUT2D eigenvalue weighted by Gasteiger charge is 2.24. The third-order valence-electron chi connectivity index (χ3n) is 3.85. The Morgan fingerprint density at radius 3 is 2.90 bits per heavy atom. The fourth-order valence-electron chi connectivity index (χ4n) is 2.64. The van der Waals surface area contributed by atoms with Crippen LogP contribution in [-0.4, -0.2) is 56.2 Å². The molecule has 1 aromatic carbocycles. The van der Waals surface area contributed by atoms with Gasteiger partial charge in [0.15, 0.2) is 0 Å². The van der Waals surface area contributed by atoms with Crippen molar-refractivity contribution in [2.45, 2.75) is 12.6 Å². The van der Waals surface area contributed by atoms with E-state index in [4.69, 9.17) is 15.7 Å². The number of hydrogen-bond acceptors (Lipinski definition) is 5. The minimum Gasteiger partial charge on any atom is -0.495 e. The number of piperazine rings is 1. The second-order valence-electron chi connectivity index (χ2n) is 5.27. The summed E-state index contributed by atoms with van der Waals surface area (Å²) < 4.78 is 5.26. The van der Waals surface area contributed by atoms with E-state index >= 15 is 0 Å². The summed E-state index contributed by atoms with van der Waals surface area (Å²) in [5, 5.41) is 9.01. The van der Waals surface area contributed by atoms with Crippen molar-refractivity contribution < 1.29 is 4.74 Å². The van der Waals surface area contributed by atoms with Crippen LogP contribution in [0.3, 0.4) is 0 Å². The van der Waals surface area contributed by atoms with Crippen molar-refractivity contribution in [1.29, 1.82) is 5.26 Å². The van der Waals surface area contributed by atoms with E-state index in [9.17, 15) is 0 Å². The van der Waals surface area contributed by atoms with Crippen LogP contribution in [0.15, 0.2) is 18.2 Å². The lowest BCUT2D eigenvalue weighted by Crippen LogP contribution is -2.54. The SMILES string of the molecule is COc1cc(CN2CCN(C)CC2CN)ccc1C#N. The number of rotatable bonds is 4. The van der Waals surface area contributed by atoms with Gasteiger partial charge in [-0.2, -0.15) is 5.26 Å². The normalized spacial score (nSPS) is 20.6. The molecule has 20 heavy (non-hydrogen) atoms. The first kappa shape index (κ1) is 14.8. The molecular formula is C15H22N4O. The smallest absolute Gasteiger partial charge is 0.136 e. The molecule has 0 radical (unpaired) electrons. The average Bonchev–Trinajstić information content (AvgIpc) is 2.48. The van der Waals surface area contributed by atoms with Crippen molar-refractivity contribution in [3.8, 4) is 11.8 Å². The van der Waals surface area contributed by atoms with E-state index < -0.39 is 0 Å². The Balaban J connectivity index is 2.11. The molecular weight excluding hydrogens is 252 g/mol. The summed E-state index contributed by atoms with van der Waals surface area (Å²) >= 11 is 0. The highest BCUT2D eigenvalue weighted by molar-refractivity contribution is 5.45. The zero-order valence-corrected chi connectivity index (χ0v) is 12.2. The predicted molar refractivity (Wildman–Crippen MR) is 78.5 cm³/mol. The molecule has 5 heteroatoms. The first-order chi connectivity index (χ1) is 9.67. The summed E-state index contributed by atoms with van der Waals surface area (Å²) in [6.07, 6.45) is 0. The topological polar surface area (TPSA) is 65.5 Å². The van der Waals surface area contributed by atoms with Crippen LogP contribution in [0.25, 0.3) is 0 Å². The quantitative estimate of drug-likeness (QED) is 0.873. The summed E-state index contributed by atoms with van der Waals surface area (Å²) in [6.45, 7) is 4.59. The third kappa shape index (κ3) is 3.28. The summed E-state index contributed by atoms with van der Waals surface area (Å²) in [7, 11) is 3.73. The lowest BCUT2D eigenvalue weighted by Gasteiger charge is -2.39. The minimum absolute atomic E-state index is 0.385. The van der Waals surface area contributed by atoms with Gasteiger partial charge in [-0.05, 0) is 24.7 Å². The molecule has 0 saturated carbocycles. The van der Waals surface area contributed by atoms with Crippen LogP contribution in [0, 0.1) is 11.3 Å². The van der Waals surface area contributed by atoms with E-state index in [1.807, 2.05) is 18.2 Å². The predicted octanol–water partition coefficient (Wildman–Crippen LogP) is 0.642. The van der Waals surface area contributed by atoms with Gasteiger partial charge in [0.05, 0.1) is 12.7 Å². The molecule has 0 amide bonds. The van der Waals surface area contributed by atoms with E-state index in [0.717, 1.165) is 31.7 Å². The van der Waals surface area contributed by atoms with Gasteiger partial charge >= 0.3 is 0 Å². The van der Waals surface area contributed by atoms with Crippen LogP contribution >= 0.6 is 0 Å². The Morgan fingerprint density at radius 2 is 2.25 bits per heavy atom. The molecule has 1 unspecified atom stereocenters. The molecule has 1 aliphatic heterocycles. The number of likely N-dealkylation sites (N-methyl/N-ethyl adjacent to an activating group) is 1. The molecule has 2 N–H and O–H groups in total. The second kappa shape index (κ2) is 6.71. The summed E-state index contributed by atoms with van der Waals surface area (Å²) in [4.78, 5) is 4.72. The lowest BCUT2D eigenvalue weighted by molar-refractivity contribution is 0.0880. The highest BCUT2D eigenvalue weighted by atomic mass is 16.5. The molecule has 108 valence electrons. The minimum atomic E-state index is 0.385. The van der Waals surface area contributed by atoms with E-state index in [2.05, 4.69) is 22.9 Å². The fourth-order valence-corrected chi connectivity index (χ4v) is 2.64. The monoisotopic (exact) mass is 274 g/mol. The summed E-state index contributed by atoms with van der Waals surface area (Å²) in [6, 6.07) is 8.29. The molecule has 1 aliphatic rings. The van der Waals surface area contributed by atoms with Gasteiger partial charge in [0.25, 0.3) is 0 Å². The van der Waals surface area contributed by atoms with Gasteiger partial charge in [-0.15, -0.1) is 0 Å².